The van der Waals surface area contributed by atoms with Gasteiger partial charge in [-0.25, -0.2) is 4.68 Å². The van der Waals surface area contributed by atoms with Crippen molar-refractivity contribution in [2.45, 2.75) is 76.7 Å². The summed E-state index contributed by atoms with van der Waals surface area (Å²) in [5, 5.41) is 12.6. The van der Waals surface area contributed by atoms with Gasteiger partial charge < -0.3 is 14.5 Å². The van der Waals surface area contributed by atoms with E-state index in [2.05, 4.69) is 26.3 Å². The van der Waals surface area contributed by atoms with Crippen LogP contribution in [-0.4, -0.2) is 61.8 Å². The van der Waals surface area contributed by atoms with Gasteiger partial charge in [0.25, 0.3) is 0 Å². The van der Waals surface area contributed by atoms with Crippen LogP contribution in [0.5, 0.6) is 5.75 Å². The van der Waals surface area contributed by atoms with Gasteiger partial charge in [0, 0.05) is 18.0 Å². The molecule has 2 aliphatic rings. The number of likely N-dealkylation sites (tertiary alicyclic amines) is 2. The van der Waals surface area contributed by atoms with Crippen LogP contribution in [0, 0.1) is 18.3 Å². The Morgan fingerprint density at radius 3 is 2.48 bits per heavy atom. The second-order valence-corrected chi connectivity index (χ2v) is 11.7. The van der Waals surface area contributed by atoms with Gasteiger partial charge in [0.15, 0.2) is 0 Å². The van der Waals surface area contributed by atoms with Crippen LogP contribution in [0.4, 0.5) is 0 Å². The normalized spacial score (nSPS) is 19.3. The largest absolute Gasteiger partial charge is 0.489 e. The minimum Gasteiger partial charge on any atom is -0.489 e. The molecule has 3 aromatic rings. The molecule has 0 unspecified atom stereocenters. The molecule has 0 spiro atoms. The first-order valence-corrected chi connectivity index (χ1v) is 15.2. The summed E-state index contributed by atoms with van der Waals surface area (Å²) < 4.78 is 7.49. The number of nitrogens with zero attached hydrogens (tertiary/aromatic N) is 8. The van der Waals surface area contributed by atoms with Crippen LogP contribution in [0.2, 0.25) is 0 Å². The minimum absolute atomic E-state index is 0.0399. The van der Waals surface area contributed by atoms with Crippen molar-refractivity contribution in [2.24, 2.45) is 11.0 Å². The average molecular weight is 595 g/mol. The van der Waals surface area contributed by atoms with Gasteiger partial charge in [-0.3, -0.25) is 9.59 Å². The third kappa shape index (κ3) is 6.87. The van der Waals surface area contributed by atoms with Crippen molar-refractivity contribution >= 4 is 11.8 Å². The van der Waals surface area contributed by atoms with E-state index in [0.29, 0.717) is 37.6 Å². The first-order chi connectivity index (χ1) is 21.4. The first-order valence-electron chi connectivity index (χ1n) is 15.2. The van der Waals surface area contributed by atoms with E-state index in [1.165, 1.54) is 0 Å². The number of rotatable bonds is 11. The lowest BCUT2D eigenvalue weighted by atomic mass is 10.0. The van der Waals surface area contributed by atoms with Crippen LogP contribution in [0.3, 0.4) is 0 Å². The SMILES string of the molecule is C#C[C@@H]1CCCN1C(=O)[C@H](C(C)C)n1cc([C@@H]2CCCN2C(=O)[C@H](Cc2ccc(OCc3ccccc3)cc2)N=[N+]=[N-])nn1. The summed E-state index contributed by atoms with van der Waals surface area (Å²) in [5.41, 5.74) is 11.8. The maximum atomic E-state index is 13.8. The summed E-state index contributed by atoms with van der Waals surface area (Å²) in [6.45, 7) is 5.56. The lowest BCUT2D eigenvalue weighted by Crippen LogP contribution is -2.42. The van der Waals surface area contributed by atoms with Crippen LogP contribution in [0.25, 0.3) is 10.4 Å². The standard InChI is InChI=1S/C33H38N8O3/c1-4-26-12-8-18-39(26)33(43)31(23(2)3)41-21-29(36-38-41)30-13-9-19-40(30)32(42)28(35-37-34)20-24-14-16-27(17-15-24)44-22-25-10-6-5-7-11-25/h1,5-7,10-11,14-17,21,23,26,28,30-31H,8-9,12-13,18-20,22H2,2-3H3/t26-,28+,30+,31+/m1/s1. The van der Waals surface area contributed by atoms with Gasteiger partial charge in [0.1, 0.15) is 30.1 Å². The summed E-state index contributed by atoms with van der Waals surface area (Å²) in [7, 11) is 0. The van der Waals surface area contributed by atoms with Crippen molar-refractivity contribution < 1.29 is 14.3 Å². The molecule has 11 heteroatoms. The van der Waals surface area contributed by atoms with Gasteiger partial charge in [-0.15, -0.1) is 11.5 Å². The third-order valence-electron chi connectivity index (χ3n) is 8.38. The number of carbonyl (C=O) groups is 2. The van der Waals surface area contributed by atoms with Crippen LogP contribution in [0.1, 0.15) is 68.4 Å². The second-order valence-electron chi connectivity index (χ2n) is 11.7. The summed E-state index contributed by atoms with van der Waals surface area (Å²) in [4.78, 5) is 33.8. The maximum absolute atomic E-state index is 13.8. The highest BCUT2D eigenvalue weighted by Gasteiger charge is 2.38. The highest BCUT2D eigenvalue weighted by molar-refractivity contribution is 5.83. The van der Waals surface area contributed by atoms with Crippen LogP contribution >= 0.6 is 0 Å². The van der Waals surface area contributed by atoms with E-state index in [-0.39, 0.29) is 36.2 Å². The summed E-state index contributed by atoms with van der Waals surface area (Å²) in [5.74, 6) is 3.09. The van der Waals surface area contributed by atoms with Gasteiger partial charge in [-0.1, -0.05) is 72.6 Å². The van der Waals surface area contributed by atoms with Crippen LogP contribution in [0.15, 0.2) is 65.9 Å². The summed E-state index contributed by atoms with van der Waals surface area (Å²) in [6.07, 6.45) is 10.9. The van der Waals surface area contributed by atoms with E-state index in [9.17, 15) is 15.1 Å². The molecule has 0 saturated carbocycles. The molecular weight excluding hydrogens is 556 g/mol. The van der Waals surface area contributed by atoms with E-state index >= 15 is 0 Å². The zero-order chi connectivity index (χ0) is 31.1. The number of ether oxygens (including phenoxy) is 1. The highest BCUT2D eigenvalue weighted by atomic mass is 16.5. The van der Waals surface area contributed by atoms with Crippen molar-refractivity contribution in [2.75, 3.05) is 13.1 Å². The van der Waals surface area contributed by atoms with Crippen LogP contribution < -0.4 is 4.74 Å². The van der Waals surface area contributed by atoms with E-state index in [0.717, 1.165) is 30.4 Å². The fourth-order valence-corrected chi connectivity index (χ4v) is 6.11. The van der Waals surface area contributed by atoms with E-state index in [1.54, 1.807) is 20.7 Å². The summed E-state index contributed by atoms with van der Waals surface area (Å²) >= 11 is 0. The molecule has 2 aliphatic heterocycles. The third-order valence-corrected chi connectivity index (χ3v) is 8.38. The highest BCUT2D eigenvalue weighted by Crippen LogP contribution is 2.33. The lowest BCUT2D eigenvalue weighted by Gasteiger charge is -2.28. The molecule has 11 nitrogen and oxygen atoms in total. The van der Waals surface area contributed by atoms with Crippen molar-refractivity contribution in [3.63, 3.8) is 0 Å². The zero-order valence-electron chi connectivity index (χ0n) is 25.2. The fraction of sp³-hybridized carbons (Fsp3) is 0.455. The van der Waals surface area contributed by atoms with Crippen molar-refractivity contribution in [3.05, 3.63) is 88.1 Å². The molecule has 2 saturated heterocycles. The number of carbonyl (C=O) groups excluding carboxylic acids is 2. The van der Waals surface area contributed by atoms with Gasteiger partial charge in [-0.2, -0.15) is 0 Å². The molecule has 5 rings (SSSR count). The Morgan fingerprint density at radius 1 is 1.05 bits per heavy atom. The molecule has 44 heavy (non-hydrogen) atoms. The molecule has 0 aliphatic carbocycles. The zero-order valence-corrected chi connectivity index (χ0v) is 25.2. The molecular formula is C33H38N8O3. The number of aromatic nitrogens is 3. The van der Waals surface area contributed by atoms with Crippen molar-refractivity contribution in [1.82, 2.24) is 24.8 Å². The van der Waals surface area contributed by atoms with Crippen molar-refractivity contribution in [3.8, 4) is 18.1 Å². The average Bonchev–Trinajstić information content (AvgIpc) is 3.81. The Labute approximate surface area is 257 Å². The maximum Gasteiger partial charge on any atom is 0.248 e. The van der Waals surface area contributed by atoms with Gasteiger partial charge in [-0.05, 0) is 66.8 Å². The van der Waals surface area contributed by atoms with Gasteiger partial charge in [0.2, 0.25) is 11.8 Å². The van der Waals surface area contributed by atoms with Crippen LogP contribution in [-0.2, 0) is 22.6 Å². The number of azide groups is 1. The Bertz CT molecular complexity index is 1520. The Hall–Kier alpha value is -4.81. The smallest absolute Gasteiger partial charge is 0.248 e. The monoisotopic (exact) mass is 594 g/mol. The first kappa shape index (κ1) is 30.6. The number of hydrogen-bond donors (Lipinski definition) is 0. The minimum atomic E-state index is -0.910. The number of hydrogen-bond acceptors (Lipinski definition) is 6. The Balaban J connectivity index is 1.26. The molecule has 3 heterocycles. The molecule has 2 aromatic carbocycles. The van der Waals surface area contributed by atoms with E-state index in [1.807, 2.05) is 68.4 Å². The molecule has 0 bridgehead atoms. The number of terminal acetylenes is 1. The Kier molecular flexibility index (Phi) is 9.82. The molecule has 0 radical (unpaired) electrons. The predicted octanol–water partition coefficient (Wildman–Crippen LogP) is 5.26. The Morgan fingerprint density at radius 2 is 1.77 bits per heavy atom. The molecule has 2 amide bonds. The van der Waals surface area contributed by atoms with Gasteiger partial charge >= 0.3 is 0 Å². The number of benzene rings is 2. The molecule has 1 aromatic heterocycles. The number of amides is 2. The molecule has 2 fully saturated rings. The second kappa shape index (κ2) is 14.1. The van der Waals surface area contributed by atoms with Crippen molar-refractivity contribution in [1.29, 1.82) is 0 Å². The molecule has 0 N–H and O–H groups in total. The fourth-order valence-electron chi connectivity index (χ4n) is 6.11. The predicted molar refractivity (Wildman–Crippen MR) is 165 cm³/mol. The van der Waals surface area contributed by atoms with Gasteiger partial charge in [0.05, 0.1) is 18.3 Å². The summed E-state index contributed by atoms with van der Waals surface area (Å²) in [6, 6.07) is 15.4. The lowest BCUT2D eigenvalue weighted by molar-refractivity contribution is -0.136. The topological polar surface area (TPSA) is 129 Å². The molecule has 228 valence electrons. The molecule has 4 atom stereocenters. The quantitative estimate of drug-likeness (QED) is 0.129. The van der Waals surface area contributed by atoms with E-state index in [4.69, 9.17) is 11.2 Å². The van der Waals surface area contributed by atoms with E-state index < -0.39 is 12.1 Å².